The van der Waals surface area contributed by atoms with Gasteiger partial charge < -0.3 is 10.6 Å². The van der Waals surface area contributed by atoms with E-state index in [0.29, 0.717) is 0 Å². The molecular weight excluding hydrogens is 258 g/mol. The first-order valence-corrected chi connectivity index (χ1v) is 7.90. The summed E-state index contributed by atoms with van der Waals surface area (Å²) in [5, 5.41) is 1.20. The molecule has 21 heavy (non-hydrogen) atoms. The van der Waals surface area contributed by atoms with Crippen LogP contribution in [0.4, 0.5) is 5.82 Å². The lowest BCUT2D eigenvalue weighted by atomic mass is 10.0. The lowest BCUT2D eigenvalue weighted by molar-refractivity contribution is 0.703. The maximum atomic E-state index is 6.03. The summed E-state index contributed by atoms with van der Waals surface area (Å²) in [7, 11) is 2.16. The third kappa shape index (κ3) is 3.18. The molecule has 0 aliphatic heterocycles. The van der Waals surface area contributed by atoms with Crippen molar-refractivity contribution in [2.24, 2.45) is 17.6 Å². The molecule has 1 aliphatic rings. The van der Waals surface area contributed by atoms with E-state index in [9.17, 15) is 0 Å². The number of anilines is 1. The topological polar surface area (TPSA) is 42.1 Å². The van der Waals surface area contributed by atoms with E-state index in [-0.39, 0.29) is 6.04 Å². The molecule has 1 fully saturated rings. The Balaban J connectivity index is 1.96. The first kappa shape index (κ1) is 14.3. The van der Waals surface area contributed by atoms with Gasteiger partial charge in [0, 0.05) is 25.0 Å². The molecule has 2 N–H and O–H groups in total. The number of benzene rings is 1. The molecular formula is C18H25N3. The predicted molar refractivity (Wildman–Crippen MR) is 89.6 cm³/mol. The van der Waals surface area contributed by atoms with Crippen LogP contribution < -0.4 is 10.6 Å². The van der Waals surface area contributed by atoms with E-state index >= 15 is 0 Å². The Kier molecular flexibility index (Phi) is 3.85. The number of nitrogens with two attached hydrogens (primary N) is 1. The molecule has 1 aromatic carbocycles. The number of fused-ring (bicyclic) bond motifs is 1. The molecule has 1 aliphatic carbocycles. The first-order chi connectivity index (χ1) is 10.0. The summed E-state index contributed by atoms with van der Waals surface area (Å²) in [5.41, 5.74) is 8.36. The third-order valence-corrected chi connectivity index (χ3v) is 4.47. The number of nitrogens with zero attached hydrogens (tertiary/aromatic N) is 2. The molecule has 0 spiro atoms. The molecule has 1 saturated carbocycles. The van der Waals surface area contributed by atoms with Crippen LogP contribution in [0.1, 0.15) is 25.8 Å². The Bertz CT molecular complexity index is 635. The van der Waals surface area contributed by atoms with Gasteiger partial charge in [0.2, 0.25) is 0 Å². The average Bonchev–Trinajstić information content (AvgIpc) is 3.12. The largest absolute Gasteiger partial charge is 0.359 e. The van der Waals surface area contributed by atoms with E-state index in [1.807, 2.05) is 6.07 Å². The summed E-state index contributed by atoms with van der Waals surface area (Å²) < 4.78 is 0. The maximum Gasteiger partial charge on any atom is 0.132 e. The minimum atomic E-state index is 0.153. The molecule has 0 amide bonds. The van der Waals surface area contributed by atoms with Crippen LogP contribution in [0.5, 0.6) is 0 Å². The second-order valence-electron chi connectivity index (χ2n) is 6.70. The molecule has 112 valence electrons. The van der Waals surface area contributed by atoms with Gasteiger partial charge in [0.05, 0.1) is 5.52 Å². The summed E-state index contributed by atoms with van der Waals surface area (Å²) in [6, 6.07) is 10.7. The van der Waals surface area contributed by atoms with Crippen molar-refractivity contribution in [3.63, 3.8) is 0 Å². The average molecular weight is 283 g/mol. The molecule has 3 heteroatoms. The minimum Gasteiger partial charge on any atom is -0.359 e. The zero-order valence-electron chi connectivity index (χ0n) is 13.2. The monoisotopic (exact) mass is 283 g/mol. The number of hydrogen-bond acceptors (Lipinski definition) is 3. The van der Waals surface area contributed by atoms with Crippen LogP contribution in [0.2, 0.25) is 0 Å². The van der Waals surface area contributed by atoms with Crippen LogP contribution in [-0.4, -0.2) is 24.6 Å². The lowest BCUT2D eigenvalue weighted by Gasteiger charge is -2.23. The van der Waals surface area contributed by atoms with Crippen LogP contribution in [0, 0.1) is 11.8 Å². The van der Waals surface area contributed by atoms with Gasteiger partial charge in [-0.15, -0.1) is 0 Å². The van der Waals surface area contributed by atoms with Crippen LogP contribution in [-0.2, 0) is 6.42 Å². The van der Waals surface area contributed by atoms with Gasteiger partial charge in [-0.1, -0.05) is 25.1 Å². The van der Waals surface area contributed by atoms with E-state index in [1.165, 1.54) is 17.4 Å². The molecule has 1 heterocycles. The van der Waals surface area contributed by atoms with Crippen molar-refractivity contribution in [3.8, 4) is 0 Å². The summed E-state index contributed by atoms with van der Waals surface area (Å²) >= 11 is 0. The Labute approximate surface area is 127 Å². The maximum absolute atomic E-state index is 6.03. The highest BCUT2D eigenvalue weighted by atomic mass is 15.2. The van der Waals surface area contributed by atoms with Crippen molar-refractivity contribution in [3.05, 3.63) is 35.9 Å². The van der Waals surface area contributed by atoms with Gasteiger partial charge in [0.25, 0.3) is 0 Å². The molecule has 0 radical (unpaired) electrons. The second-order valence-corrected chi connectivity index (χ2v) is 6.70. The predicted octanol–water partition coefficient (Wildman–Crippen LogP) is 3.22. The highest BCUT2D eigenvalue weighted by Crippen LogP contribution is 2.39. The number of hydrogen-bond donors (Lipinski definition) is 1. The number of rotatable bonds is 5. The molecule has 0 bridgehead atoms. The SMILES string of the molecule is CC(N)Cc1cc2ccccc2nc1N(C)CC1CC1C. The molecule has 3 rings (SSSR count). The molecule has 1 aromatic heterocycles. The summed E-state index contributed by atoms with van der Waals surface area (Å²) in [6.45, 7) is 5.48. The van der Waals surface area contributed by atoms with Gasteiger partial charge in [0.1, 0.15) is 5.82 Å². The Morgan fingerprint density at radius 3 is 2.76 bits per heavy atom. The zero-order valence-corrected chi connectivity index (χ0v) is 13.2. The molecule has 0 saturated heterocycles. The third-order valence-electron chi connectivity index (χ3n) is 4.47. The quantitative estimate of drug-likeness (QED) is 0.916. The van der Waals surface area contributed by atoms with E-state index in [0.717, 1.165) is 36.1 Å². The van der Waals surface area contributed by atoms with Crippen LogP contribution in [0.3, 0.4) is 0 Å². The fourth-order valence-electron chi connectivity index (χ4n) is 3.07. The van der Waals surface area contributed by atoms with E-state index in [2.05, 4.69) is 50.1 Å². The van der Waals surface area contributed by atoms with Gasteiger partial charge in [0.15, 0.2) is 0 Å². The van der Waals surface area contributed by atoms with Gasteiger partial charge >= 0.3 is 0 Å². The van der Waals surface area contributed by atoms with Gasteiger partial charge in [-0.25, -0.2) is 4.98 Å². The second kappa shape index (κ2) is 5.64. The highest BCUT2D eigenvalue weighted by Gasteiger charge is 2.33. The Morgan fingerprint density at radius 1 is 1.38 bits per heavy atom. The fraction of sp³-hybridized carbons (Fsp3) is 0.500. The fourth-order valence-corrected chi connectivity index (χ4v) is 3.07. The number of para-hydroxylation sites is 1. The number of aromatic nitrogens is 1. The van der Waals surface area contributed by atoms with Crippen molar-refractivity contribution in [1.82, 2.24) is 4.98 Å². The van der Waals surface area contributed by atoms with E-state index < -0.39 is 0 Å². The van der Waals surface area contributed by atoms with Crippen LogP contribution in [0.25, 0.3) is 10.9 Å². The summed E-state index contributed by atoms with van der Waals surface area (Å²) in [5.74, 6) is 2.79. The van der Waals surface area contributed by atoms with Gasteiger partial charge in [-0.2, -0.15) is 0 Å². The molecule has 3 atom stereocenters. The van der Waals surface area contributed by atoms with Crippen molar-refractivity contribution >= 4 is 16.7 Å². The first-order valence-electron chi connectivity index (χ1n) is 7.90. The van der Waals surface area contributed by atoms with Crippen LogP contribution in [0.15, 0.2) is 30.3 Å². The zero-order chi connectivity index (χ0) is 15.0. The van der Waals surface area contributed by atoms with Gasteiger partial charge in [-0.3, -0.25) is 0 Å². The van der Waals surface area contributed by atoms with Crippen molar-refractivity contribution in [2.45, 2.75) is 32.7 Å². The van der Waals surface area contributed by atoms with Crippen molar-refractivity contribution in [2.75, 3.05) is 18.5 Å². The molecule has 2 aromatic rings. The van der Waals surface area contributed by atoms with Crippen molar-refractivity contribution < 1.29 is 0 Å². The summed E-state index contributed by atoms with van der Waals surface area (Å²) in [4.78, 5) is 7.22. The Morgan fingerprint density at radius 2 is 2.10 bits per heavy atom. The highest BCUT2D eigenvalue weighted by molar-refractivity contribution is 5.81. The number of pyridine rings is 1. The summed E-state index contributed by atoms with van der Waals surface area (Å²) in [6.07, 6.45) is 2.22. The van der Waals surface area contributed by atoms with E-state index in [1.54, 1.807) is 0 Å². The smallest absolute Gasteiger partial charge is 0.132 e. The van der Waals surface area contributed by atoms with E-state index in [4.69, 9.17) is 10.7 Å². The molecule has 3 nitrogen and oxygen atoms in total. The van der Waals surface area contributed by atoms with Crippen molar-refractivity contribution in [1.29, 1.82) is 0 Å². The lowest BCUT2D eigenvalue weighted by Crippen LogP contribution is -2.25. The Hall–Kier alpha value is -1.61. The van der Waals surface area contributed by atoms with Gasteiger partial charge in [-0.05, 0) is 49.3 Å². The standard InChI is InChI=1S/C18H25N3/c1-12-8-16(12)11-21(3)18-15(9-13(2)19)10-14-6-4-5-7-17(14)20-18/h4-7,10,12-13,16H,8-9,11,19H2,1-3H3. The normalized spacial score (nSPS) is 22.3. The van der Waals surface area contributed by atoms with Crippen LogP contribution >= 0.6 is 0 Å². The molecule has 3 unspecified atom stereocenters. The minimum absolute atomic E-state index is 0.153.